The molecule has 1 atom stereocenters. The molecule has 2 aromatic rings. The highest BCUT2D eigenvalue weighted by Crippen LogP contribution is 2.17. The maximum Gasteiger partial charge on any atom is 0.254 e. The summed E-state index contributed by atoms with van der Waals surface area (Å²) in [5.41, 5.74) is 1.16. The van der Waals surface area contributed by atoms with Crippen molar-refractivity contribution in [1.29, 1.82) is 5.26 Å². The molecule has 1 unspecified atom stereocenters. The Morgan fingerprint density at radius 1 is 1.23 bits per heavy atom. The quantitative estimate of drug-likeness (QED) is 0.758. The topological polar surface area (TPSA) is 94.3 Å². The monoisotopic (exact) mass is 408 g/mol. The summed E-state index contributed by atoms with van der Waals surface area (Å²) in [6.07, 6.45) is 5.49. The lowest BCUT2D eigenvalue weighted by Crippen LogP contribution is -2.52. The van der Waals surface area contributed by atoms with Crippen LogP contribution >= 0.6 is 0 Å². The van der Waals surface area contributed by atoms with Crippen LogP contribution in [0.4, 0.5) is 5.69 Å². The van der Waals surface area contributed by atoms with Gasteiger partial charge in [-0.25, -0.2) is 4.98 Å². The largest absolute Gasteiger partial charge is 0.337 e. The lowest BCUT2D eigenvalue weighted by molar-refractivity contribution is -0.116. The summed E-state index contributed by atoms with van der Waals surface area (Å²) in [5, 5.41) is 12.2. The molecule has 1 aliphatic rings. The summed E-state index contributed by atoms with van der Waals surface area (Å²) >= 11 is 0. The van der Waals surface area contributed by atoms with Gasteiger partial charge in [0.25, 0.3) is 5.91 Å². The van der Waals surface area contributed by atoms with Crippen molar-refractivity contribution in [2.45, 2.75) is 32.9 Å². The standard InChI is InChI=1S/C22H28N6O2/c1-17(2)20(15-23)27-10-12-28(13-11-27)22(30)18-4-3-5-19(14-18)25-21(29)6-8-26-9-7-24-16-26/h3-5,7,9,14,16-17,20H,6,8,10-13H2,1-2H3,(H,25,29). The fourth-order valence-corrected chi connectivity index (χ4v) is 3.64. The van der Waals surface area contributed by atoms with Crippen LogP contribution in [0.3, 0.4) is 0 Å². The van der Waals surface area contributed by atoms with E-state index in [0.29, 0.717) is 50.4 Å². The highest BCUT2D eigenvalue weighted by molar-refractivity contribution is 5.97. The highest BCUT2D eigenvalue weighted by Gasteiger charge is 2.28. The molecule has 1 aliphatic heterocycles. The first-order chi connectivity index (χ1) is 14.5. The van der Waals surface area contributed by atoms with Crippen LogP contribution in [0, 0.1) is 17.2 Å². The summed E-state index contributed by atoms with van der Waals surface area (Å²) < 4.78 is 1.84. The van der Waals surface area contributed by atoms with Crippen molar-refractivity contribution in [2.24, 2.45) is 5.92 Å². The molecule has 0 radical (unpaired) electrons. The Labute approximate surface area is 177 Å². The third-order valence-corrected chi connectivity index (χ3v) is 5.31. The van der Waals surface area contributed by atoms with Crippen molar-refractivity contribution in [3.8, 4) is 6.07 Å². The van der Waals surface area contributed by atoms with Crippen LogP contribution in [-0.2, 0) is 11.3 Å². The first kappa shape index (κ1) is 21.5. The number of anilines is 1. The van der Waals surface area contributed by atoms with Crippen LogP contribution in [0.2, 0.25) is 0 Å². The Hall–Kier alpha value is -3.18. The fourth-order valence-electron chi connectivity index (χ4n) is 3.64. The number of benzene rings is 1. The molecule has 0 aliphatic carbocycles. The van der Waals surface area contributed by atoms with E-state index in [-0.39, 0.29) is 23.8 Å². The van der Waals surface area contributed by atoms with Crippen LogP contribution in [0.25, 0.3) is 0 Å². The minimum Gasteiger partial charge on any atom is -0.337 e. The molecule has 0 bridgehead atoms. The second kappa shape index (κ2) is 10.0. The van der Waals surface area contributed by atoms with E-state index in [1.54, 1.807) is 36.8 Å². The molecule has 1 aromatic heterocycles. The Bertz CT molecular complexity index is 895. The van der Waals surface area contributed by atoms with Crippen molar-refractivity contribution in [2.75, 3.05) is 31.5 Å². The predicted molar refractivity (Wildman–Crippen MR) is 114 cm³/mol. The number of rotatable bonds is 7. The Morgan fingerprint density at radius 2 is 2.00 bits per heavy atom. The number of carbonyl (C=O) groups excluding carboxylic acids is 2. The number of nitrogens with zero attached hydrogens (tertiary/aromatic N) is 5. The maximum atomic E-state index is 12.9. The average molecular weight is 409 g/mol. The van der Waals surface area contributed by atoms with E-state index in [9.17, 15) is 14.9 Å². The lowest BCUT2D eigenvalue weighted by Gasteiger charge is -2.38. The van der Waals surface area contributed by atoms with E-state index in [0.717, 1.165) is 0 Å². The molecule has 1 N–H and O–H groups in total. The van der Waals surface area contributed by atoms with Gasteiger partial charge in [0.2, 0.25) is 5.91 Å². The minimum absolute atomic E-state index is 0.0535. The van der Waals surface area contributed by atoms with E-state index >= 15 is 0 Å². The van der Waals surface area contributed by atoms with Gasteiger partial charge in [0.15, 0.2) is 0 Å². The van der Waals surface area contributed by atoms with Crippen molar-refractivity contribution >= 4 is 17.5 Å². The Kier molecular flexibility index (Phi) is 7.20. The average Bonchev–Trinajstić information content (AvgIpc) is 3.26. The number of aryl methyl sites for hydroxylation is 1. The number of aromatic nitrogens is 2. The highest BCUT2D eigenvalue weighted by atomic mass is 16.2. The number of nitrogens with one attached hydrogen (secondary N) is 1. The predicted octanol–water partition coefficient (Wildman–Crippen LogP) is 2.22. The van der Waals surface area contributed by atoms with Gasteiger partial charge < -0.3 is 14.8 Å². The van der Waals surface area contributed by atoms with Crippen LogP contribution in [0.5, 0.6) is 0 Å². The van der Waals surface area contributed by atoms with Crippen LogP contribution < -0.4 is 5.32 Å². The number of piperazine rings is 1. The van der Waals surface area contributed by atoms with Crippen molar-refractivity contribution < 1.29 is 9.59 Å². The normalized spacial score (nSPS) is 15.6. The zero-order valence-corrected chi connectivity index (χ0v) is 17.5. The molecule has 30 heavy (non-hydrogen) atoms. The molecule has 1 aromatic carbocycles. The van der Waals surface area contributed by atoms with Crippen molar-refractivity contribution in [3.63, 3.8) is 0 Å². The molecule has 8 heteroatoms. The van der Waals surface area contributed by atoms with Crippen LogP contribution in [-0.4, -0.2) is 63.4 Å². The van der Waals surface area contributed by atoms with E-state index in [1.165, 1.54) is 0 Å². The number of imidazole rings is 1. The third-order valence-electron chi connectivity index (χ3n) is 5.31. The number of hydrogen-bond acceptors (Lipinski definition) is 5. The number of amides is 2. The van der Waals surface area contributed by atoms with Gasteiger partial charge in [0.05, 0.1) is 12.4 Å². The molecule has 1 fully saturated rings. The number of carbonyl (C=O) groups is 2. The van der Waals surface area contributed by atoms with E-state index in [1.807, 2.05) is 29.5 Å². The summed E-state index contributed by atoms with van der Waals surface area (Å²) in [4.78, 5) is 33.0. The number of nitriles is 1. The van der Waals surface area contributed by atoms with E-state index in [4.69, 9.17) is 0 Å². The van der Waals surface area contributed by atoms with E-state index in [2.05, 4.69) is 21.3 Å². The van der Waals surface area contributed by atoms with Crippen molar-refractivity contribution in [3.05, 3.63) is 48.5 Å². The first-order valence-corrected chi connectivity index (χ1v) is 10.3. The molecule has 0 spiro atoms. The Balaban J connectivity index is 1.54. The van der Waals surface area contributed by atoms with E-state index < -0.39 is 0 Å². The van der Waals surface area contributed by atoms with Crippen LogP contribution in [0.1, 0.15) is 30.6 Å². The smallest absolute Gasteiger partial charge is 0.254 e. The minimum atomic E-state index is -0.122. The van der Waals surface area contributed by atoms with Gasteiger partial charge in [-0.05, 0) is 24.1 Å². The molecule has 0 saturated carbocycles. The SMILES string of the molecule is CC(C)C(C#N)N1CCN(C(=O)c2cccc(NC(=O)CCn3ccnc3)c2)CC1. The molecular formula is C22H28N6O2. The summed E-state index contributed by atoms with van der Waals surface area (Å²) in [7, 11) is 0. The Morgan fingerprint density at radius 3 is 2.63 bits per heavy atom. The molecule has 8 nitrogen and oxygen atoms in total. The summed E-state index contributed by atoms with van der Waals surface area (Å²) in [5.74, 6) is 0.0895. The second-order valence-electron chi connectivity index (χ2n) is 7.83. The molecule has 2 heterocycles. The van der Waals surface area contributed by atoms with Gasteiger partial charge >= 0.3 is 0 Å². The lowest BCUT2D eigenvalue weighted by atomic mass is 10.0. The zero-order valence-electron chi connectivity index (χ0n) is 17.5. The summed E-state index contributed by atoms with van der Waals surface area (Å²) in [6.45, 7) is 7.19. The van der Waals surface area contributed by atoms with Crippen LogP contribution in [0.15, 0.2) is 43.0 Å². The van der Waals surface area contributed by atoms with Gasteiger partial charge in [-0.2, -0.15) is 5.26 Å². The maximum absolute atomic E-state index is 12.9. The van der Waals surface area contributed by atoms with Gasteiger partial charge in [0.1, 0.15) is 6.04 Å². The van der Waals surface area contributed by atoms with Crippen molar-refractivity contribution in [1.82, 2.24) is 19.4 Å². The fraction of sp³-hybridized carbons (Fsp3) is 0.455. The summed E-state index contributed by atoms with van der Waals surface area (Å²) in [6, 6.07) is 9.29. The van der Waals surface area contributed by atoms with Gasteiger partial charge in [-0.1, -0.05) is 19.9 Å². The van der Waals surface area contributed by atoms with Gasteiger partial charge in [-0.3, -0.25) is 14.5 Å². The molecule has 1 saturated heterocycles. The first-order valence-electron chi connectivity index (χ1n) is 10.3. The number of hydrogen-bond donors (Lipinski definition) is 1. The molecule has 3 rings (SSSR count). The molecule has 158 valence electrons. The second-order valence-corrected chi connectivity index (χ2v) is 7.83. The third kappa shape index (κ3) is 5.45. The van der Waals surface area contributed by atoms with Gasteiger partial charge in [0, 0.05) is 62.8 Å². The van der Waals surface area contributed by atoms with Gasteiger partial charge in [-0.15, -0.1) is 0 Å². The molecular weight excluding hydrogens is 380 g/mol. The molecule has 2 amide bonds. The zero-order chi connectivity index (χ0) is 21.5.